The third-order valence-electron chi connectivity index (χ3n) is 2.95. The lowest BCUT2D eigenvalue weighted by Gasteiger charge is -2.09. The minimum Gasteiger partial charge on any atom is -0.385 e. The first kappa shape index (κ1) is 14.1. The van der Waals surface area contributed by atoms with Gasteiger partial charge in [0.1, 0.15) is 0 Å². The van der Waals surface area contributed by atoms with Crippen LogP contribution in [0, 0.1) is 13.8 Å². The van der Waals surface area contributed by atoms with Crippen LogP contribution in [0.3, 0.4) is 0 Å². The lowest BCUT2D eigenvalue weighted by atomic mass is 10.1. The van der Waals surface area contributed by atoms with Crippen LogP contribution in [0.4, 0.5) is 5.69 Å². The van der Waals surface area contributed by atoms with Crippen molar-refractivity contribution in [2.75, 3.05) is 11.9 Å². The molecule has 1 heterocycles. The summed E-state index contributed by atoms with van der Waals surface area (Å²) in [5.41, 5.74) is 3.44. The summed E-state index contributed by atoms with van der Waals surface area (Å²) in [5.74, 6) is 0.539. The number of rotatable bonds is 5. The number of carbonyl (C=O) groups is 1. The molecule has 1 aromatic heterocycles. The topological polar surface area (TPSA) is 67.2 Å². The van der Waals surface area contributed by atoms with E-state index in [0.717, 1.165) is 23.5 Å². The lowest BCUT2D eigenvalue weighted by Crippen LogP contribution is -2.23. The maximum Gasteiger partial charge on any atom is 0.251 e. The van der Waals surface area contributed by atoms with Gasteiger partial charge in [0, 0.05) is 23.9 Å². The number of aryl methyl sites for hydroxylation is 2. The second kappa shape index (κ2) is 6.23. The van der Waals surface area contributed by atoms with Crippen molar-refractivity contribution in [1.82, 2.24) is 10.5 Å². The number of amides is 1. The summed E-state index contributed by atoms with van der Waals surface area (Å²) in [6.07, 6.45) is 0. The molecular weight excluding hydrogens is 254 g/mol. The van der Waals surface area contributed by atoms with Crippen LogP contribution >= 0.6 is 0 Å². The fraction of sp³-hybridized carbons (Fsp3) is 0.333. The lowest BCUT2D eigenvalue weighted by molar-refractivity contribution is 0.0946. The smallest absolute Gasteiger partial charge is 0.251 e. The molecule has 0 saturated carbocycles. The van der Waals surface area contributed by atoms with Gasteiger partial charge < -0.3 is 15.2 Å². The molecule has 0 aliphatic carbocycles. The zero-order valence-electron chi connectivity index (χ0n) is 12.0. The van der Waals surface area contributed by atoms with Crippen LogP contribution in [0.2, 0.25) is 0 Å². The Morgan fingerprint density at radius 3 is 2.70 bits per heavy atom. The number of aromatic nitrogens is 1. The monoisotopic (exact) mass is 273 g/mol. The SMILES string of the molecule is CCNc1ccc(C(=O)NCc2cc(C)no2)c(C)c1. The van der Waals surface area contributed by atoms with Gasteiger partial charge in [-0.3, -0.25) is 4.79 Å². The Balaban J connectivity index is 2.01. The van der Waals surface area contributed by atoms with Gasteiger partial charge >= 0.3 is 0 Å². The Kier molecular flexibility index (Phi) is 4.40. The second-order valence-corrected chi connectivity index (χ2v) is 4.68. The Morgan fingerprint density at radius 1 is 1.30 bits per heavy atom. The minimum absolute atomic E-state index is 0.111. The number of nitrogens with one attached hydrogen (secondary N) is 2. The van der Waals surface area contributed by atoms with Crippen molar-refractivity contribution in [2.45, 2.75) is 27.3 Å². The predicted octanol–water partition coefficient (Wildman–Crippen LogP) is 2.65. The molecule has 106 valence electrons. The van der Waals surface area contributed by atoms with Crippen molar-refractivity contribution in [3.63, 3.8) is 0 Å². The summed E-state index contributed by atoms with van der Waals surface area (Å²) < 4.78 is 5.06. The highest BCUT2D eigenvalue weighted by molar-refractivity contribution is 5.96. The van der Waals surface area contributed by atoms with E-state index in [0.29, 0.717) is 17.9 Å². The zero-order chi connectivity index (χ0) is 14.5. The van der Waals surface area contributed by atoms with Gasteiger partial charge in [0.15, 0.2) is 5.76 Å². The number of hydrogen-bond acceptors (Lipinski definition) is 4. The normalized spacial score (nSPS) is 10.3. The molecule has 0 unspecified atom stereocenters. The van der Waals surface area contributed by atoms with Crippen LogP contribution in [-0.2, 0) is 6.54 Å². The molecule has 5 nitrogen and oxygen atoms in total. The van der Waals surface area contributed by atoms with E-state index in [9.17, 15) is 4.79 Å². The van der Waals surface area contributed by atoms with Gasteiger partial charge in [-0.1, -0.05) is 5.16 Å². The summed E-state index contributed by atoms with van der Waals surface area (Å²) >= 11 is 0. The fourth-order valence-electron chi connectivity index (χ4n) is 1.99. The van der Waals surface area contributed by atoms with E-state index in [1.54, 1.807) is 6.07 Å². The van der Waals surface area contributed by atoms with Crippen molar-refractivity contribution in [3.05, 3.63) is 46.8 Å². The zero-order valence-corrected chi connectivity index (χ0v) is 12.0. The molecule has 0 aliphatic heterocycles. The van der Waals surface area contributed by atoms with E-state index in [-0.39, 0.29) is 5.91 Å². The van der Waals surface area contributed by atoms with Gasteiger partial charge in [-0.15, -0.1) is 0 Å². The summed E-state index contributed by atoms with van der Waals surface area (Å²) in [7, 11) is 0. The van der Waals surface area contributed by atoms with E-state index in [1.807, 2.05) is 39.0 Å². The number of hydrogen-bond donors (Lipinski definition) is 2. The molecule has 0 radical (unpaired) electrons. The molecule has 2 aromatic rings. The minimum atomic E-state index is -0.111. The number of benzene rings is 1. The Hall–Kier alpha value is -2.30. The molecule has 0 bridgehead atoms. The number of anilines is 1. The van der Waals surface area contributed by atoms with Crippen molar-refractivity contribution >= 4 is 11.6 Å². The first-order valence-electron chi connectivity index (χ1n) is 6.65. The van der Waals surface area contributed by atoms with E-state index in [1.165, 1.54) is 0 Å². The quantitative estimate of drug-likeness (QED) is 0.879. The molecular formula is C15H19N3O2. The molecule has 0 saturated heterocycles. The van der Waals surface area contributed by atoms with Crippen molar-refractivity contribution in [3.8, 4) is 0 Å². The highest BCUT2D eigenvalue weighted by Crippen LogP contribution is 2.15. The van der Waals surface area contributed by atoms with Crippen LogP contribution in [0.1, 0.15) is 34.3 Å². The highest BCUT2D eigenvalue weighted by atomic mass is 16.5. The van der Waals surface area contributed by atoms with Crippen LogP contribution in [0.25, 0.3) is 0 Å². The maximum atomic E-state index is 12.1. The van der Waals surface area contributed by atoms with Gasteiger partial charge in [0.2, 0.25) is 0 Å². The van der Waals surface area contributed by atoms with Gasteiger partial charge in [0.05, 0.1) is 12.2 Å². The highest BCUT2D eigenvalue weighted by Gasteiger charge is 2.10. The first-order chi connectivity index (χ1) is 9.60. The molecule has 0 aliphatic rings. The van der Waals surface area contributed by atoms with E-state index in [4.69, 9.17) is 4.52 Å². The third kappa shape index (κ3) is 3.38. The summed E-state index contributed by atoms with van der Waals surface area (Å²) in [6.45, 7) is 7.01. The van der Waals surface area contributed by atoms with Crippen LogP contribution in [-0.4, -0.2) is 17.6 Å². The van der Waals surface area contributed by atoms with E-state index >= 15 is 0 Å². The van der Waals surface area contributed by atoms with Crippen molar-refractivity contribution < 1.29 is 9.32 Å². The van der Waals surface area contributed by atoms with Crippen molar-refractivity contribution in [2.24, 2.45) is 0 Å². The molecule has 2 N–H and O–H groups in total. The largest absolute Gasteiger partial charge is 0.385 e. The standard InChI is InChI=1S/C15H19N3O2/c1-4-16-12-5-6-14(10(2)7-12)15(19)17-9-13-8-11(3)18-20-13/h5-8,16H,4,9H2,1-3H3,(H,17,19). The van der Waals surface area contributed by atoms with Gasteiger partial charge in [-0.25, -0.2) is 0 Å². The predicted molar refractivity (Wildman–Crippen MR) is 77.8 cm³/mol. The second-order valence-electron chi connectivity index (χ2n) is 4.68. The average Bonchev–Trinajstić information content (AvgIpc) is 2.82. The molecule has 0 atom stereocenters. The molecule has 1 amide bonds. The summed E-state index contributed by atoms with van der Waals surface area (Å²) in [5, 5.41) is 9.83. The average molecular weight is 273 g/mol. The first-order valence-corrected chi connectivity index (χ1v) is 6.65. The van der Waals surface area contributed by atoms with Gasteiger partial charge in [0.25, 0.3) is 5.91 Å². The van der Waals surface area contributed by atoms with Gasteiger partial charge in [-0.05, 0) is 44.5 Å². The van der Waals surface area contributed by atoms with E-state index in [2.05, 4.69) is 15.8 Å². The summed E-state index contributed by atoms with van der Waals surface area (Å²) in [6, 6.07) is 7.51. The molecule has 20 heavy (non-hydrogen) atoms. The Labute approximate surface area is 118 Å². The van der Waals surface area contributed by atoms with Crippen LogP contribution in [0.5, 0.6) is 0 Å². The fourth-order valence-corrected chi connectivity index (χ4v) is 1.99. The molecule has 0 spiro atoms. The molecule has 5 heteroatoms. The van der Waals surface area contributed by atoms with Crippen LogP contribution in [0.15, 0.2) is 28.8 Å². The molecule has 0 fully saturated rings. The van der Waals surface area contributed by atoms with Crippen LogP contribution < -0.4 is 10.6 Å². The Bertz CT molecular complexity index is 605. The molecule has 2 rings (SSSR count). The number of carbonyl (C=O) groups excluding carboxylic acids is 1. The van der Waals surface area contributed by atoms with Gasteiger partial charge in [-0.2, -0.15) is 0 Å². The maximum absolute atomic E-state index is 12.1. The third-order valence-corrected chi connectivity index (χ3v) is 2.95. The molecule has 1 aromatic carbocycles. The Morgan fingerprint density at radius 2 is 2.10 bits per heavy atom. The summed E-state index contributed by atoms with van der Waals surface area (Å²) in [4.78, 5) is 12.1. The van der Waals surface area contributed by atoms with E-state index < -0.39 is 0 Å². The van der Waals surface area contributed by atoms with Crippen molar-refractivity contribution in [1.29, 1.82) is 0 Å². The number of nitrogens with zero attached hydrogens (tertiary/aromatic N) is 1.